The van der Waals surface area contributed by atoms with Gasteiger partial charge in [0.1, 0.15) is 5.82 Å². The van der Waals surface area contributed by atoms with Crippen LogP contribution < -0.4 is 4.74 Å². The maximum absolute atomic E-state index is 13.6. The van der Waals surface area contributed by atoms with E-state index in [9.17, 15) is 18.4 Å². The van der Waals surface area contributed by atoms with Gasteiger partial charge in [-0.15, -0.1) is 0 Å². The summed E-state index contributed by atoms with van der Waals surface area (Å²) in [5.74, 6) is -3.07. The Hall–Kier alpha value is -2.28. The fraction of sp³-hybridized carbons (Fsp3) is 0.125. The Balaban J connectivity index is 2.04. The Morgan fingerprint density at radius 1 is 1.09 bits per heavy atom. The first-order chi connectivity index (χ1) is 10.9. The largest absolute Gasteiger partial charge is 0.494 e. The molecule has 0 radical (unpaired) electrons. The summed E-state index contributed by atoms with van der Waals surface area (Å²) in [5.41, 5.74) is -0.269. The number of hydrogen-bond donors (Lipinski definition) is 0. The van der Waals surface area contributed by atoms with Crippen molar-refractivity contribution in [1.82, 2.24) is 0 Å². The van der Waals surface area contributed by atoms with Crippen LogP contribution in [0.5, 0.6) is 5.75 Å². The molecule has 0 heterocycles. The van der Waals surface area contributed by atoms with Crippen LogP contribution in [0.2, 0.25) is 0 Å². The van der Waals surface area contributed by atoms with Gasteiger partial charge in [-0.25, -0.2) is 13.6 Å². The van der Waals surface area contributed by atoms with E-state index >= 15 is 0 Å². The second kappa shape index (κ2) is 7.32. The first kappa shape index (κ1) is 17.1. The van der Waals surface area contributed by atoms with Crippen molar-refractivity contribution in [2.45, 2.75) is 0 Å². The van der Waals surface area contributed by atoms with E-state index in [1.54, 1.807) is 0 Å². The zero-order chi connectivity index (χ0) is 17.0. The molecule has 0 spiro atoms. The SMILES string of the molecule is COc1ccc(C(=O)COC(=O)c2ccc(Br)cc2F)cc1F. The summed E-state index contributed by atoms with van der Waals surface area (Å²) in [7, 11) is 1.30. The molecule has 7 heteroatoms. The number of Topliss-reactive ketones (excluding diaryl/α,β-unsaturated/α-hetero) is 1. The molecule has 0 aliphatic carbocycles. The van der Waals surface area contributed by atoms with Gasteiger partial charge >= 0.3 is 5.97 Å². The van der Waals surface area contributed by atoms with Gasteiger partial charge in [-0.05, 0) is 36.4 Å². The fourth-order valence-corrected chi connectivity index (χ4v) is 2.12. The van der Waals surface area contributed by atoms with Crippen LogP contribution in [0.4, 0.5) is 8.78 Å². The second-order valence-electron chi connectivity index (χ2n) is 4.47. The van der Waals surface area contributed by atoms with Gasteiger partial charge in [0, 0.05) is 10.0 Å². The van der Waals surface area contributed by atoms with Crippen molar-refractivity contribution >= 4 is 27.7 Å². The van der Waals surface area contributed by atoms with Crippen molar-refractivity contribution in [1.29, 1.82) is 0 Å². The van der Waals surface area contributed by atoms with Gasteiger partial charge in [0.2, 0.25) is 0 Å². The number of ether oxygens (including phenoxy) is 2. The highest BCUT2D eigenvalue weighted by Crippen LogP contribution is 2.19. The van der Waals surface area contributed by atoms with Gasteiger partial charge in [-0.2, -0.15) is 0 Å². The summed E-state index contributed by atoms with van der Waals surface area (Å²) in [4.78, 5) is 23.6. The smallest absolute Gasteiger partial charge is 0.341 e. The van der Waals surface area contributed by atoms with Gasteiger partial charge in [-0.1, -0.05) is 15.9 Å². The molecular weight excluding hydrogens is 374 g/mol. The average molecular weight is 385 g/mol. The van der Waals surface area contributed by atoms with E-state index in [1.807, 2.05) is 0 Å². The van der Waals surface area contributed by atoms with Crippen molar-refractivity contribution in [2.24, 2.45) is 0 Å². The minimum Gasteiger partial charge on any atom is -0.494 e. The van der Waals surface area contributed by atoms with Gasteiger partial charge in [0.05, 0.1) is 12.7 Å². The lowest BCUT2D eigenvalue weighted by Gasteiger charge is -2.07. The molecule has 23 heavy (non-hydrogen) atoms. The van der Waals surface area contributed by atoms with Gasteiger partial charge < -0.3 is 9.47 Å². The quantitative estimate of drug-likeness (QED) is 0.581. The van der Waals surface area contributed by atoms with Gasteiger partial charge in [-0.3, -0.25) is 4.79 Å². The first-order valence-corrected chi connectivity index (χ1v) is 7.20. The molecule has 0 saturated heterocycles. The lowest BCUT2D eigenvalue weighted by molar-refractivity contribution is 0.0470. The summed E-state index contributed by atoms with van der Waals surface area (Å²) >= 11 is 3.06. The molecule has 0 N–H and O–H groups in total. The Morgan fingerprint density at radius 3 is 2.43 bits per heavy atom. The van der Waals surface area contributed by atoms with Crippen molar-refractivity contribution < 1.29 is 27.8 Å². The van der Waals surface area contributed by atoms with E-state index in [1.165, 1.54) is 31.4 Å². The van der Waals surface area contributed by atoms with E-state index in [-0.39, 0.29) is 16.9 Å². The molecule has 2 aromatic rings. The molecule has 0 aromatic heterocycles. The van der Waals surface area contributed by atoms with E-state index in [2.05, 4.69) is 15.9 Å². The summed E-state index contributed by atoms with van der Waals surface area (Å²) in [6.07, 6.45) is 0. The molecule has 2 rings (SSSR count). The molecule has 4 nitrogen and oxygen atoms in total. The average Bonchev–Trinajstić information content (AvgIpc) is 2.52. The lowest BCUT2D eigenvalue weighted by Crippen LogP contribution is -2.15. The van der Waals surface area contributed by atoms with E-state index in [0.717, 1.165) is 12.1 Å². The Kier molecular flexibility index (Phi) is 5.44. The third-order valence-electron chi connectivity index (χ3n) is 2.96. The number of hydrogen-bond acceptors (Lipinski definition) is 4. The maximum Gasteiger partial charge on any atom is 0.341 e. The normalized spacial score (nSPS) is 10.3. The molecule has 0 saturated carbocycles. The molecule has 0 aliphatic heterocycles. The number of halogens is 3. The van der Waals surface area contributed by atoms with E-state index in [0.29, 0.717) is 4.47 Å². The molecular formula is C16H11BrF2O4. The van der Waals surface area contributed by atoms with Crippen molar-refractivity contribution in [3.05, 3.63) is 63.6 Å². The van der Waals surface area contributed by atoms with Crippen molar-refractivity contribution in [3.8, 4) is 5.75 Å². The third kappa shape index (κ3) is 4.13. The highest BCUT2D eigenvalue weighted by Gasteiger charge is 2.16. The van der Waals surface area contributed by atoms with Crippen LogP contribution in [0.3, 0.4) is 0 Å². The van der Waals surface area contributed by atoms with Gasteiger partial charge in [0.25, 0.3) is 0 Å². The predicted molar refractivity (Wildman–Crippen MR) is 81.7 cm³/mol. The van der Waals surface area contributed by atoms with Crippen LogP contribution in [-0.4, -0.2) is 25.5 Å². The van der Waals surface area contributed by atoms with Crippen LogP contribution in [0.15, 0.2) is 40.9 Å². The van der Waals surface area contributed by atoms with Crippen LogP contribution in [-0.2, 0) is 4.74 Å². The third-order valence-corrected chi connectivity index (χ3v) is 3.45. The second-order valence-corrected chi connectivity index (χ2v) is 5.39. The van der Waals surface area contributed by atoms with Crippen LogP contribution in [0.1, 0.15) is 20.7 Å². The number of methoxy groups -OCH3 is 1. The molecule has 0 amide bonds. The molecule has 0 bridgehead atoms. The number of esters is 1. The highest BCUT2D eigenvalue weighted by molar-refractivity contribution is 9.10. The maximum atomic E-state index is 13.6. The number of benzene rings is 2. The standard InChI is InChI=1S/C16H11BrF2O4/c1-22-15-5-2-9(6-13(15)19)14(20)8-23-16(21)11-4-3-10(17)7-12(11)18/h2-7H,8H2,1H3. The van der Waals surface area contributed by atoms with E-state index in [4.69, 9.17) is 9.47 Å². The topological polar surface area (TPSA) is 52.6 Å². The Labute approximate surface area is 139 Å². The lowest BCUT2D eigenvalue weighted by atomic mass is 10.1. The number of rotatable bonds is 5. The van der Waals surface area contributed by atoms with Crippen LogP contribution in [0.25, 0.3) is 0 Å². The summed E-state index contributed by atoms with van der Waals surface area (Å²) in [6.45, 7) is -0.625. The Bertz CT molecular complexity index is 762. The molecule has 120 valence electrons. The highest BCUT2D eigenvalue weighted by atomic mass is 79.9. The van der Waals surface area contributed by atoms with Crippen LogP contribution >= 0.6 is 15.9 Å². The number of carbonyl (C=O) groups excluding carboxylic acids is 2. The first-order valence-electron chi connectivity index (χ1n) is 6.41. The number of carbonyl (C=O) groups is 2. The van der Waals surface area contributed by atoms with Crippen LogP contribution in [0, 0.1) is 11.6 Å². The zero-order valence-electron chi connectivity index (χ0n) is 11.9. The minimum absolute atomic E-state index is 0.00419. The zero-order valence-corrected chi connectivity index (χ0v) is 13.5. The Morgan fingerprint density at radius 2 is 1.83 bits per heavy atom. The monoisotopic (exact) mass is 384 g/mol. The number of ketones is 1. The van der Waals surface area contributed by atoms with E-state index < -0.39 is 30.0 Å². The van der Waals surface area contributed by atoms with Gasteiger partial charge in [0.15, 0.2) is 24.0 Å². The summed E-state index contributed by atoms with van der Waals surface area (Å²) < 4.78 is 37.1. The fourth-order valence-electron chi connectivity index (χ4n) is 1.79. The molecule has 0 unspecified atom stereocenters. The summed E-state index contributed by atoms with van der Waals surface area (Å²) in [6, 6.07) is 7.43. The molecule has 0 atom stereocenters. The molecule has 2 aromatic carbocycles. The predicted octanol–water partition coefficient (Wildman–Crippen LogP) is 3.78. The molecule has 0 fully saturated rings. The molecule has 0 aliphatic rings. The van der Waals surface area contributed by atoms with Crippen molar-refractivity contribution in [2.75, 3.05) is 13.7 Å². The van der Waals surface area contributed by atoms with Crippen molar-refractivity contribution in [3.63, 3.8) is 0 Å². The minimum atomic E-state index is -0.975. The summed E-state index contributed by atoms with van der Waals surface area (Å²) in [5, 5.41) is 0.